The van der Waals surface area contributed by atoms with E-state index in [1.54, 1.807) is 19.1 Å². The molecule has 3 aromatic rings. The highest BCUT2D eigenvalue weighted by Gasteiger charge is 2.45. The molecule has 120 valence electrons. The minimum absolute atomic E-state index is 0.0885. The van der Waals surface area contributed by atoms with Crippen LogP contribution in [0, 0.1) is 6.92 Å². The van der Waals surface area contributed by atoms with E-state index in [4.69, 9.17) is 4.42 Å². The van der Waals surface area contributed by atoms with Gasteiger partial charge in [-0.1, -0.05) is 36.4 Å². The zero-order valence-electron chi connectivity index (χ0n) is 13.3. The molecule has 1 N–H and O–H groups in total. The maximum Gasteiger partial charge on any atom is 0.251 e. The first-order chi connectivity index (χ1) is 11.7. The normalized spacial score (nSPS) is 15.0. The van der Waals surface area contributed by atoms with Gasteiger partial charge in [0.1, 0.15) is 0 Å². The number of amides is 1. The van der Waals surface area contributed by atoms with Crippen molar-refractivity contribution in [1.82, 2.24) is 15.5 Å². The molecule has 24 heavy (non-hydrogen) atoms. The topological polar surface area (TPSA) is 68.0 Å². The smallest absolute Gasteiger partial charge is 0.251 e. The van der Waals surface area contributed by atoms with Crippen molar-refractivity contribution in [2.24, 2.45) is 0 Å². The third-order valence-corrected chi connectivity index (χ3v) is 4.33. The average Bonchev–Trinajstić information content (AvgIpc) is 3.27. The summed E-state index contributed by atoms with van der Waals surface area (Å²) in [5, 5.41) is 11.0. The first kappa shape index (κ1) is 14.6. The Hall–Kier alpha value is -2.95. The molecule has 1 aliphatic carbocycles. The number of nitrogens with zero attached hydrogens (tertiary/aromatic N) is 2. The largest absolute Gasteiger partial charge is 0.421 e. The Labute approximate surface area is 139 Å². The highest BCUT2D eigenvalue weighted by atomic mass is 16.4. The van der Waals surface area contributed by atoms with Gasteiger partial charge in [0.15, 0.2) is 0 Å². The molecule has 4 rings (SSSR count). The van der Waals surface area contributed by atoms with Gasteiger partial charge in [0.25, 0.3) is 5.91 Å². The molecule has 1 fully saturated rings. The third-order valence-electron chi connectivity index (χ3n) is 4.33. The number of aryl methyl sites for hydroxylation is 1. The van der Waals surface area contributed by atoms with Gasteiger partial charge in [-0.15, -0.1) is 10.2 Å². The quantitative estimate of drug-likeness (QED) is 0.799. The van der Waals surface area contributed by atoms with Crippen LogP contribution in [0.15, 0.2) is 59.0 Å². The van der Waals surface area contributed by atoms with Crippen molar-refractivity contribution in [3.05, 3.63) is 71.6 Å². The summed E-state index contributed by atoms with van der Waals surface area (Å²) >= 11 is 0. The number of aromatic nitrogens is 2. The van der Waals surface area contributed by atoms with E-state index >= 15 is 0 Å². The molecule has 1 heterocycles. The van der Waals surface area contributed by atoms with E-state index in [0.29, 0.717) is 17.3 Å². The number of nitrogens with one attached hydrogen (secondary N) is 1. The van der Waals surface area contributed by atoms with Gasteiger partial charge in [0.05, 0.1) is 5.54 Å². The number of hydrogen-bond donors (Lipinski definition) is 1. The fourth-order valence-corrected chi connectivity index (χ4v) is 2.86. The van der Waals surface area contributed by atoms with Crippen molar-refractivity contribution < 1.29 is 9.21 Å². The Morgan fingerprint density at radius 1 is 1.08 bits per heavy atom. The maximum absolute atomic E-state index is 12.7. The fraction of sp³-hybridized carbons (Fsp3) is 0.211. The number of hydrogen-bond acceptors (Lipinski definition) is 4. The summed E-state index contributed by atoms with van der Waals surface area (Å²) in [6.07, 6.45) is 1.93. The van der Waals surface area contributed by atoms with E-state index in [1.165, 1.54) is 0 Å². The Balaban J connectivity index is 1.57. The van der Waals surface area contributed by atoms with Crippen molar-refractivity contribution in [2.45, 2.75) is 25.3 Å². The zero-order valence-corrected chi connectivity index (χ0v) is 13.3. The van der Waals surface area contributed by atoms with Gasteiger partial charge in [-0.2, -0.15) is 0 Å². The Bertz CT molecular complexity index is 882. The van der Waals surface area contributed by atoms with E-state index in [9.17, 15) is 4.79 Å². The van der Waals surface area contributed by atoms with Gasteiger partial charge in [0, 0.05) is 18.1 Å². The van der Waals surface area contributed by atoms with Gasteiger partial charge < -0.3 is 9.73 Å². The first-order valence-electron chi connectivity index (χ1n) is 7.95. The molecule has 1 aliphatic rings. The molecule has 0 spiro atoms. The summed E-state index contributed by atoms with van der Waals surface area (Å²) in [6.45, 7) is 1.74. The van der Waals surface area contributed by atoms with Crippen LogP contribution in [0.25, 0.3) is 11.5 Å². The summed E-state index contributed by atoms with van der Waals surface area (Å²) in [5.41, 5.74) is 2.26. The van der Waals surface area contributed by atoms with Crippen molar-refractivity contribution in [3.63, 3.8) is 0 Å². The van der Waals surface area contributed by atoms with Crippen LogP contribution >= 0.6 is 0 Å². The van der Waals surface area contributed by atoms with Gasteiger partial charge >= 0.3 is 0 Å². The average molecular weight is 319 g/mol. The molecule has 0 radical (unpaired) electrons. The molecule has 0 atom stereocenters. The van der Waals surface area contributed by atoms with Gasteiger partial charge in [-0.25, -0.2) is 0 Å². The first-order valence-corrected chi connectivity index (χ1v) is 7.95. The van der Waals surface area contributed by atoms with Crippen LogP contribution in [-0.4, -0.2) is 16.1 Å². The van der Waals surface area contributed by atoms with E-state index in [0.717, 1.165) is 24.0 Å². The number of carbonyl (C=O) groups is 1. The van der Waals surface area contributed by atoms with Crippen LogP contribution in [0.5, 0.6) is 0 Å². The maximum atomic E-state index is 12.7. The van der Waals surface area contributed by atoms with Crippen LogP contribution in [-0.2, 0) is 5.54 Å². The van der Waals surface area contributed by atoms with Gasteiger partial charge in [-0.05, 0) is 36.6 Å². The number of rotatable bonds is 4. The van der Waals surface area contributed by atoms with Crippen LogP contribution in [0.1, 0.15) is 34.7 Å². The lowest BCUT2D eigenvalue weighted by atomic mass is 10.0. The molecular formula is C19H17N3O2. The molecule has 0 unspecified atom stereocenters. The summed E-state index contributed by atoms with van der Waals surface area (Å²) in [6, 6.07) is 17.4. The molecule has 0 saturated heterocycles. The molecule has 5 heteroatoms. The second kappa shape index (κ2) is 5.60. The molecular weight excluding hydrogens is 302 g/mol. The highest BCUT2D eigenvalue weighted by Crippen LogP contribution is 2.45. The minimum atomic E-state index is -0.227. The lowest BCUT2D eigenvalue weighted by Gasteiger charge is -2.18. The van der Waals surface area contributed by atoms with E-state index in [1.807, 2.05) is 30.3 Å². The second-order valence-corrected chi connectivity index (χ2v) is 6.11. The molecule has 2 aromatic carbocycles. The zero-order chi connectivity index (χ0) is 16.6. The molecule has 0 aliphatic heterocycles. The van der Waals surface area contributed by atoms with Crippen LogP contribution in [0.4, 0.5) is 0 Å². The van der Waals surface area contributed by atoms with E-state index < -0.39 is 0 Å². The summed E-state index contributed by atoms with van der Waals surface area (Å²) < 4.78 is 5.43. The number of carbonyl (C=O) groups excluding carboxylic acids is 1. The molecule has 1 amide bonds. The lowest BCUT2D eigenvalue weighted by molar-refractivity contribution is 0.0931. The molecule has 1 aromatic heterocycles. The number of benzene rings is 2. The predicted octanol–water partition coefficient (Wildman–Crippen LogP) is 3.46. The fourth-order valence-electron chi connectivity index (χ4n) is 2.86. The van der Waals surface area contributed by atoms with E-state index in [2.05, 4.69) is 27.6 Å². The van der Waals surface area contributed by atoms with Crippen molar-refractivity contribution >= 4 is 5.91 Å². The molecule has 0 bridgehead atoms. The lowest BCUT2D eigenvalue weighted by Crippen LogP contribution is -2.34. The van der Waals surface area contributed by atoms with E-state index in [-0.39, 0.29) is 11.4 Å². The van der Waals surface area contributed by atoms with Crippen molar-refractivity contribution in [3.8, 4) is 11.5 Å². The van der Waals surface area contributed by atoms with Crippen LogP contribution < -0.4 is 5.32 Å². The molecule has 1 saturated carbocycles. The predicted molar refractivity (Wildman–Crippen MR) is 89.3 cm³/mol. The highest BCUT2D eigenvalue weighted by molar-refractivity contribution is 5.96. The third kappa shape index (κ3) is 2.69. The van der Waals surface area contributed by atoms with Crippen molar-refractivity contribution in [2.75, 3.05) is 0 Å². The van der Waals surface area contributed by atoms with Crippen LogP contribution in [0.3, 0.4) is 0 Å². The summed E-state index contributed by atoms with van der Waals surface area (Å²) in [4.78, 5) is 12.7. The second-order valence-electron chi connectivity index (χ2n) is 6.11. The standard InChI is InChI=1S/C19H17N3O2/c1-13-21-22-18(24-13)15-7-5-6-14(12-15)17(23)20-19(10-11-19)16-8-3-2-4-9-16/h2-9,12H,10-11H2,1H3,(H,20,23). The summed E-state index contributed by atoms with van der Waals surface area (Å²) in [5.74, 6) is 0.835. The van der Waals surface area contributed by atoms with Crippen LogP contribution in [0.2, 0.25) is 0 Å². The Kier molecular flexibility index (Phi) is 3.41. The molecule has 5 nitrogen and oxygen atoms in total. The SMILES string of the molecule is Cc1nnc(-c2cccc(C(=O)NC3(c4ccccc4)CC3)c2)o1. The van der Waals surface area contributed by atoms with Crippen molar-refractivity contribution in [1.29, 1.82) is 0 Å². The Morgan fingerprint density at radius 3 is 2.54 bits per heavy atom. The monoisotopic (exact) mass is 319 g/mol. The van der Waals surface area contributed by atoms with Gasteiger partial charge in [-0.3, -0.25) is 4.79 Å². The van der Waals surface area contributed by atoms with Gasteiger partial charge in [0.2, 0.25) is 11.8 Å². The Morgan fingerprint density at radius 2 is 1.88 bits per heavy atom. The minimum Gasteiger partial charge on any atom is -0.421 e. The summed E-state index contributed by atoms with van der Waals surface area (Å²) in [7, 11) is 0.